The van der Waals surface area contributed by atoms with Crippen molar-refractivity contribution >= 4 is 27.3 Å². The second kappa shape index (κ2) is 7.59. The fraction of sp³-hybridized carbons (Fsp3) is 0.100. The lowest BCUT2D eigenvalue weighted by atomic mass is 10.2. The molecule has 0 bridgehead atoms. The van der Waals surface area contributed by atoms with Crippen LogP contribution in [-0.2, 0) is 10.0 Å². The molecule has 2 N–H and O–H groups in total. The van der Waals surface area contributed by atoms with Crippen LogP contribution in [0.15, 0.2) is 71.8 Å². The fourth-order valence-electron chi connectivity index (χ4n) is 2.36. The molecular formula is C20H19N3O3S. The molecule has 1 heterocycles. The number of hydrogen-bond donors (Lipinski definition) is 2. The van der Waals surface area contributed by atoms with E-state index < -0.39 is 10.0 Å². The van der Waals surface area contributed by atoms with Crippen molar-refractivity contribution < 1.29 is 13.2 Å². The van der Waals surface area contributed by atoms with Gasteiger partial charge in [0.2, 0.25) is 0 Å². The van der Waals surface area contributed by atoms with Crippen molar-refractivity contribution in [3.05, 3.63) is 83.7 Å². The first-order valence-electron chi connectivity index (χ1n) is 8.27. The molecule has 0 fully saturated rings. The van der Waals surface area contributed by atoms with Gasteiger partial charge in [0.05, 0.1) is 10.5 Å². The van der Waals surface area contributed by atoms with Crippen LogP contribution in [0.2, 0.25) is 0 Å². The van der Waals surface area contributed by atoms with E-state index in [2.05, 4.69) is 15.0 Å². The maximum Gasteiger partial charge on any atom is 0.261 e. The highest BCUT2D eigenvalue weighted by Gasteiger charge is 2.14. The molecule has 138 valence electrons. The Kier molecular flexibility index (Phi) is 5.23. The number of sulfonamides is 1. The number of anilines is 2. The van der Waals surface area contributed by atoms with Crippen LogP contribution < -0.4 is 10.0 Å². The van der Waals surface area contributed by atoms with Gasteiger partial charge in [0.1, 0.15) is 0 Å². The second-order valence-corrected chi connectivity index (χ2v) is 7.82. The third-order valence-electron chi connectivity index (χ3n) is 3.90. The van der Waals surface area contributed by atoms with Crippen molar-refractivity contribution in [2.24, 2.45) is 0 Å². The molecular weight excluding hydrogens is 362 g/mol. The molecule has 3 rings (SSSR count). The van der Waals surface area contributed by atoms with Crippen LogP contribution >= 0.6 is 0 Å². The first-order chi connectivity index (χ1) is 12.8. The number of amides is 1. The molecule has 1 aromatic heterocycles. The third-order valence-corrected chi connectivity index (χ3v) is 5.30. The zero-order valence-electron chi connectivity index (χ0n) is 14.9. The zero-order valence-corrected chi connectivity index (χ0v) is 15.7. The average molecular weight is 381 g/mol. The van der Waals surface area contributed by atoms with Crippen molar-refractivity contribution in [3.63, 3.8) is 0 Å². The van der Waals surface area contributed by atoms with E-state index in [0.29, 0.717) is 16.9 Å². The number of carbonyl (C=O) groups is 1. The summed E-state index contributed by atoms with van der Waals surface area (Å²) in [6, 6.07) is 16.5. The van der Waals surface area contributed by atoms with Crippen molar-refractivity contribution in [1.29, 1.82) is 0 Å². The van der Waals surface area contributed by atoms with E-state index >= 15 is 0 Å². The number of carbonyl (C=O) groups excluding carboxylic acids is 1. The molecule has 0 saturated carbocycles. The molecule has 0 spiro atoms. The summed E-state index contributed by atoms with van der Waals surface area (Å²) in [7, 11) is -3.66. The van der Waals surface area contributed by atoms with Gasteiger partial charge in [-0.25, -0.2) is 8.42 Å². The normalized spacial score (nSPS) is 11.0. The molecule has 3 aromatic rings. The minimum atomic E-state index is -3.66. The van der Waals surface area contributed by atoms with Crippen LogP contribution in [0, 0.1) is 13.8 Å². The average Bonchev–Trinajstić information content (AvgIpc) is 2.64. The summed E-state index contributed by atoms with van der Waals surface area (Å²) in [4.78, 5) is 16.5. The van der Waals surface area contributed by atoms with Crippen LogP contribution in [0.1, 0.15) is 21.6 Å². The Morgan fingerprint density at radius 3 is 2.07 bits per heavy atom. The predicted molar refractivity (Wildman–Crippen MR) is 105 cm³/mol. The van der Waals surface area contributed by atoms with Crippen LogP contribution in [0.3, 0.4) is 0 Å². The molecule has 0 aliphatic rings. The molecule has 0 radical (unpaired) electrons. The molecule has 0 unspecified atom stereocenters. The Hall–Kier alpha value is -3.19. The van der Waals surface area contributed by atoms with E-state index in [1.165, 1.54) is 6.20 Å². The van der Waals surface area contributed by atoms with Gasteiger partial charge in [-0.2, -0.15) is 0 Å². The zero-order chi connectivity index (χ0) is 19.4. The second-order valence-electron chi connectivity index (χ2n) is 6.14. The van der Waals surface area contributed by atoms with Crippen molar-refractivity contribution in [3.8, 4) is 0 Å². The summed E-state index contributed by atoms with van der Waals surface area (Å²) >= 11 is 0. The van der Waals surface area contributed by atoms with Crippen LogP contribution in [0.25, 0.3) is 0 Å². The Morgan fingerprint density at radius 1 is 0.852 bits per heavy atom. The lowest BCUT2D eigenvalue weighted by Gasteiger charge is -2.10. The summed E-state index contributed by atoms with van der Waals surface area (Å²) in [6.45, 7) is 3.74. The maximum atomic E-state index is 12.4. The fourth-order valence-corrected chi connectivity index (χ4v) is 3.42. The number of nitrogens with one attached hydrogen (secondary N) is 2. The number of benzene rings is 2. The summed E-state index contributed by atoms with van der Waals surface area (Å²) < 4.78 is 27.3. The lowest BCUT2D eigenvalue weighted by Crippen LogP contribution is -2.14. The molecule has 0 aliphatic carbocycles. The molecule has 2 aromatic carbocycles. The molecule has 0 saturated heterocycles. The minimum absolute atomic E-state index is 0.192. The summed E-state index contributed by atoms with van der Waals surface area (Å²) in [6.07, 6.45) is 1.51. The monoisotopic (exact) mass is 381 g/mol. The molecule has 0 atom stereocenters. The summed E-state index contributed by atoms with van der Waals surface area (Å²) in [5, 5.41) is 2.75. The molecule has 0 aliphatic heterocycles. The highest BCUT2D eigenvalue weighted by molar-refractivity contribution is 7.92. The maximum absolute atomic E-state index is 12.4. The first-order valence-corrected chi connectivity index (χ1v) is 9.75. The lowest BCUT2D eigenvalue weighted by molar-refractivity contribution is 0.102. The number of pyridine rings is 1. The Balaban J connectivity index is 1.69. The number of hydrogen-bond acceptors (Lipinski definition) is 4. The number of rotatable bonds is 5. The van der Waals surface area contributed by atoms with Gasteiger partial charge in [-0.3, -0.25) is 14.5 Å². The number of aromatic nitrogens is 1. The molecule has 27 heavy (non-hydrogen) atoms. The van der Waals surface area contributed by atoms with Gasteiger partial charge in [-0.05, 0) is 62.4 Å². The quantitative estimate of drug-likeness (QED) is 0.704. The summed E-state index contributed by atoms with van der Waals surface area (Å²) in [5.74, 6) is -0.282. The highest BCUT2D eigenvalue weighted by Crippen LogP contribution is 2.19. The molecule has 1 amide bonds. The Labute approximate surface area is 158 Å². The number of nitrogens with zero attached hydrogens (tertiary/aromatic N) is 1. The SMILES string of the molecule is Cc1ccc(S(=O)(=O)Nc2ccc(NC(=O)c3ccc(C)nc3)cc2)cc1. The first kappa shape index (κ1) is 18.6. The molecule has 6 nitrogen and oxygen atoms in total. The summed E-state index contributed by atoms with van der Waals surface area (Å²) in [5.41, 5.74) is 3.23. The van der Waals surface area contributed by atoms with Crippen LogP contribution in [-0.4, -0.2) is 19.3 Å². The van der Waals surface area contributed by atoms with Crippen molar-refractivity contribution in [2.75, 3.05) is 10.0 Å². The van der Waals surface area contributed by atoms with Gasteiger partial charge >= 0.3 is 0 Å². The van der Waals surface area contributed by atoms with Gasteiger partial charge in [0, 0.05) is 23.3 Å². The standard InChI is InChI=1S/C20H19N3O3S/c1-14-3-11-19(12-4-14)27(25,26)23-18-9-7-17(8-10-18)22-20(24)16-6-5-15(2)21-13-16/h3-13,23H,1-2H3,(H,22,24). The van der Waals surface area contributed by atoms with Gasteiger partial charge in [-0.15, -0.1) is 0 Å². The third kappa shape index (κ3) is 4.71. The van der Waals surface area contributed by atoms with Gasteiger partial charge in [0.15, 0.2) is 0 Å². The van der Waals surface area contributed by atoms with E-state index in [1.807, 2.05) is 13.8 Å². The number of aryl methyl sites for hydroxylation is 2. The Morgan fingerprint density at radius 2 is 1.48 bits per heavy atom. The van der Waals surface area contributed by atoms with E-state index in [4.69, 9.17) is 0 Å². The van der Waals surface area contributed by atoms with E-state index in [-0.39, 0.29) is 10.8 Å². The Bertz CT molecular complexity index is 1040. The van der Waals surface area contributed by atoms with Gasteiger partial charge in [-0.1, -0.05) is 17.7 Å². The van der Waals surface area contributed by atoms with Crippen LogP contribution in [0.5, 0.6) is 0 Å². The van der Waals surface area contributed by atoms with E-state index in [1.54, 1.807) is 60.7 Å². The highest BCUT2D eigenvalue weighted by atomic mass is 32.2. The van der Waals surface area contributed by atoms with Gasteiger partial charge < -0.3 is 5.32 Å². The minimum Gasteiger partial charge on any atom is -0.322 e. The predicted octanol–water partition coefficient (Wildman–Crippen LogP) is 3.75. The molecule has 7 heteroatoms. The largest absolute Gasteiger partial charge is 0.322 e. The van der Waals surface area contributed by atoms with Crippen molar-refractivity contribution in [2.45, 2.75) is 18.7 Å². The van der Waals surface area contributed by atoms with Crippen LogP contribution in [0.4, 0.5) is 11.4 Å². The van der Waals surface area contributed by atoms with E-state index in [0.717, 1.165) is 11.3 Å². The van der Waals surface area contributed by atoms with Gasteiger partial charge in [0.25, 0.3) is 15.9 Å². The van der Waals surface area contributed by atoms with Crippen molar-refractivity contribution in [1.82, 2.24) is 4.98 Å². The topological polar surface area (TPSA) is 88.2 Å². The van der Waals surface area contributed by atoms with E-state index in [9.17, 15) is 13.2 Å². The smallest absolute Gasteiger partial charge is 0.261 e.